The van der Waals surface area contributed by atoms with Crippen LogP contribution in [0.1, 0.15) is 0 Å². The molecule has 0 aliphatic rings. The van der Waals surface area contributed by atoms with E-state index in [0.29, 0.717) is 6.29 Å². The Morgan fingerprint density at radius 3 is 2.62 bits per heavy atom. The molecule has 44 valence electrons. The fraction of sp³-hybridized carbons (Fsp3) is 0.167. The maximum absolute atomic E-state index is 9.65. The Bertz CT molecular complexity index is 107. The number of aldehydes is 1. The van der Waals surface area contributed by atoms with E-state index >= 15 is 0 Å². The molecule has 0 fully saturated rings. The van der Waals surface area contributed by atoms with Crippen molar-refractivity contribution in [3.05, 3.63) is 24.8 Å². The minimum atomic E-state index is -0.194. The van der Waals surface area contributed by atoms with Crippen LogP contribution >= 0.6 is 0 Å². The van der Waals surface area contributed by atoms with E-state index in [4.69, 9.17) is 5.73 Å². The fourth-order valence-electron chi connectivity index (χ4n) is 0.252. The summed E-state index contributed by atoms with van der Waals surface area (Å²) in [5, 5.41) is 0. The van der Waals surface area contributed by atoms with Gasteiger partial charge in [-0.05, 0) is 6.08 Å². The average molecular weight is 111 g/mol. The van der Waals surface area contributed by atoms with Crippen molar-refractivity contribution in [2.24, 2.45) is 5.73 Å². The van der Waals surface area contributed by atoms with Gasteiger partial charge in [-0.2, -0.15) is 0 Å². The molecule has 0 spiro atoms. The SMILES string of the molecule is C=CC(N)C=CC=O. The molecule has 0 rings (SSSR count). The first kappa shape index (κ1) is 7.11. The van der Waals surface area contributed by atoms with Crippen molar-refractivity contribution in [3.8, 4) is 0 Å². The van der Waals surface area contributed by atoms with Crippen LogP contribution in [0.2, 0.25) is 0 Å². The number of carbonyl (C=O) groups excluding carboxylic acids is 1. The van der Waals surface area contributed by atoms with Crippen molar-refractivity contribution in [2.45, 2.75) is 6.04 Å². The first-order chi connectivity index (χ1) is 3.81. The molecule has 0 saturated heterocycles. The first-order valence-electron chi connectivity index (χ1n) is 2.31. The van der Waals surface area contributed by atoms with Crippen molar-refractivity contribution in [1.29, 1.82) is 0 Å². The molecule has 1 unspecified atom stereocenters. The molecule has 0 aromatic heterocycles. The minimum Gasteiger partial charge on any atom is -0.321 e. The lowest BCUT2D eigenvalue weighted by Crippen LogP contribution is -2.11. The smallest absolute Gasteiger partial charge is 0.142 e. The summed E-state index contributed by atoms with van der Waals surface area (Å²) in [5.74, 6) is 0. The summed E-state index contributed by atoms with van der Waals surface area (Å²) < 4.78 is 0. The number of rotatable bonds is 3. The summed E-state index contributed by atoms with van der Waals surface area (Å²) in [6.07, 6.45) is 5.16. The standard InChI is InChI=1S/C6H9NO/c1-2-6(7)4-3-5-8/h2-6H,1,7H2. The molecular formula is C6H9NO. The Morgan fingerprint density at radius 1 is 1.62 bits per heavy atom. The first-order valence-corrected chi connectivity index (χ1v) is 2.31. The van der Waals surface area contributed by atoms with Gasteiger partial charge in [0.1, 0.15) is 6.29 Å². The van der Waals surface area contributed by atoms with Crippen LogP contribution in [0.4, 0.5) is 0 Å². The van der Waals surface area contributed by atoms with Gasteiger partial charge in [0, 0.05) is 6.04 Å². The Balaban J connectivity index is 3.50. The molecule has 2 heteroatoms. The lowest BCUT2D eigenvalue weighted by Gasteiger charge is -1.91. The Labute approximate surface area is 48.7 Å². The zero-order chi connectivity index (χ0) is 6.41. The molecule has 2 N–H and O–H groups in total. The van der Waals surface area contributed by atoms with Crippen LogP contribution in [-0.4, -0.2) is 12.3 Å². The predicted molar refractivity (Wildman–Crippen MR) is 33.4 cm³/mol. The number of nitrogens with two attached hydrogens (primary N) is 1. The van der Waals surface area contributed by atoms with E-state index in [-0.39, 0.29) is 6.04 Å². The number of hydrogen-bond donors (Lipinski definition) is 1. The molecular weight excluding hydrogens is 102 g/mol. The van der Waals surface area contributed by atoms with E-state index in [0.717, 1.165) is 0 Å². The highest BCUT2D eigenvalue weighted by Crippen LogP contribution is 1.78. The van der Waals surface area contributed by atoms with Gasteiger partial charge >= 0.3 is 0 Å². The van der Waals surface area contributed by atoms with Crippen molar-refractivity contribution >= 4 is 6.29 Å². The summed E-state index contributed by atoms with van der Waals surface area (Å²) in [4.78, 5) is 9.65. The lowest BCUT2D eigenvalue weighted by atomic mass is 10.3. The molecule has 0 amide bonds. The number of allylic oxidation sites excluding steroid dienone is 1. The van der Waals surface area contributed by atoms with Crippen LogP contribution in [-0.2, 0) is 4.79 Å². The third-order valence-electron chi connectivity index (χ3n) is 0.684. The summed E-state index contributed by atoms with van der Waals surface area (Å²) in [5.41, 5.74) is 5.30. The zero-order valence-corrected chi connectivity index (χ0v) is 4.58. The molecule has 2 nitrogen and oxygen atoms in total. The minimum absolute atomic E-state index is 0.194. The van der Waals surface area contributed by atoms with Crippen molar-refractivity contribution in [2.75, 3.05) is 0 Å². The van der Waals surface area contributed by atoms with E-state index in [1.54, 1.807) is 12.2 Å². The maximum atomic E-state index is 9.65. The summed E-state index contributed by atoms with van der Waals surface area (Å²) in [6, 6.07) is -0.194. The summed E-state index contributed by atoms with van der Waals surface area (Å²) >= 11 is 0. The van der Waals surface area contributed by atoms with E-state index in [9.17, 15) is 4.79 Å². The Kier molecular flexibility index (Phi) is 3.80. The van der Waals surface area contributed by atoms with Crippen molar-refractivity contribution < 1.29 is 4.79 Å². The molecule has 0 aliphatic carbocycles. The van der Waals surface area contributed by atoms with Crippen molar-refractivity contribution in [3.63, 3.8) is 0 Å². The van der Waals surface area contributed by atoms with Gasteiger partial charge < -0.3 is 5.73 Å². The van der Waals surface area contributed by atoms with E-state index < -0.39 is 0 Å². The molecule has 1 atom stereocenters. The van der Waals surface area contributed by atoms with Gasteiger partial charge in [-0.3, -0.25) is 4.79 Å². The van der Waals surface area contributed by atoms with Crippen LogP contribution in [0, 0.1) is 0 Å². The number of hydrogen-bond acceptors (Lipinski definition) is 2. The second-order valence-corrected chi connectivity index (χ2v) is 1.33. The fourth-order valence-corrected chi connectivity index (χ4v) is 0.252. The van der Waals surface area contributed by atoms with Gasteiger partial charge in [-0.15, -0.1) is 6.58 Å². The van der Waals surface area contributed by atoms with Crippen LogP contribution in [0.5, 0.6) is 0 Å². The highest BCUT2D eigenvalue weighted by Gasteiger charge is 1.82. The maximum Gasteiger partial charge on any atom is 0.142 e. The molecule has 0 bridgehead atoms. The van der Waals surface area contributed by atoms with Gasteiger partial charge in [0.2, 0.25) is 0 Å². The average Bonchev–Trinajstić information content (AvgIpc) is 1.83. The Morgan fingerprint density at radius 2 is 2.25 bits per heavy atom. The van der Waals surface area contributed by atoms with E-state index in [1.165, 1.54) is 6.08 Å². The monoisotopic (exact) mass is 111 g/mol. The number of carbonyl (C=O) groups is 1. The molecule has 0 radical (unpaired) electrons. The van der Waals surface area contributed by atoms with Gasteiger partial charge in [0.05, 0.1) is 0 Å². The van der Waals surface area contributed by atoms with Gasteiger partial charge in [-0.1, -0.05) is 12.2 Å². The van der Waals surface area contributed by atoms with Crippen LogP contribution in [0.3, 0.4) is 0 Å². The molecule has 0 heterocycles. The molecule has 0 aromatic carbocycles. The second-order valence-electron chi connectivity index (χ2n) is 1.33. The third kappa shape index (κ3) is 3.31. The molecule has 0 saturated carbocycles. The van der Waals surface area contributed by atoms with Crippen molar-refractivity contribution in [1.82, 2.24) is 0 Å². The lowest BCUT2D eigenvalue weighted by molar-refractivity contribution is -0.104. The molecule has 8 heavy (non-hydrogen) atoms. The van der Waals surface area contributed by atoms with Crippen LogP contribution in [0.15, 0.2) is 24.8 Å². The van der Waals surface area contributed by atoms with Gasteiger partial charge in [0.15, 0.2) is 0 Å². The summed E-state index contributed by atoms with van der Waals surface area (Å²) in [6.45, 7) is 3.42. The van der Waals surface area contributed by atoms with E-state index in [2.05, 4.69) is 6.58 Å². The quantitative estimate of drug-likeness (QED) is 0.322. The Hall–Kier alpha value is -0.890. The highest BCUT2D eigenvalue weighted by atomic mass is 16.1. The molecule has 0 aliphatic heterocycles. The normalized spacial score (nSPS) is 13.6. The predicted octanol–water partition coefficient (Wildman–Crippen LogP) is 0.255. The van der Waals surface area contributed by atoms with Crippen LogP contribution < -0.4 is 5.73 Å². The highest BCUT2D eigenvalue weighted by molar-refractivity contribution is 5.64. The van der Waals surface area contributed by atoms with Crippen LogP contribution in [0.25, 0.3) is 0 Å². The summed E-state index contributed by atoms with van der Waals surface area (Å²) in [7, 11) is 0. The van der Waals surface area contributed by atoms with Gasteiger partial charge in [0.25, 0.3) is 0 Å². The second kappa shape index (κ2) is 4.27. The van der Waals surface area contributed by atoms with Gasteiger partial charge in [-0.25, -0.2) is 0 Å². The third-order valence-corrected chi connectivity index (χ3v) is 0.684. The topological polar surface area (TPSA) is 43.1 Å². The zero-order valence-electron chi connectivity index (χ0n) is 4.58. The molecule has 0 aromatic rings. The van der Waals surface area contributed by atoms with E-state index in [1.807, 2.05) is 0 Å². The largest absolute Gasteiger partial charge is 0.321 e.